The molecule has 1 heterocycles. The van der Waals surface area contributed by atoms with E-state index in [0.29, 0.717) is 0 Å². The zero-order valence-electron chi connectivity index (χ0n) is 38.4. The molecule has 0 radical (unpaired) electrons. The van der Waals surface area contributed by atoms with E-state index < -0.39 is 0 Å². The van der Waals surface area contributed by atoms with Crippen molar-refractivity contribution in [1.29, 1.82) is 0 Å². The van der Waals surface area contributed by atoms with Gasteiger partial charge in [-0.25, -0.2) is 4.70 Å². The van der Waals surface area contributed by atoms with Gasteiger partial charge in [0.25, 0.3) is 0 Å². The van der Waals surface area contributed by atoms with Crippen molar-refractivity contribution in [3.63, 3.8) is 0 Å². The molecule has 3 rings (SSSR count). The third-order valence-corrected chi connectivity index (χ3v) is 12.6. The molecule has 0 bridgehead atoms. The minimum absolute atomic E-state index is 1.03. The highest BCUT2D eigenvalue weighted by molar-refractivity contribution is 5.83. The van der Waals surface area contributed by atoms with E-state index in [1.165, 1.54) is 164 Å². The average Bonchev–Trinajstić information content (AvgIpc) is 3.48. The van der Waals surface area contributed by atoms with Crippen molar-refractivity contribution in [2.45, 2.75) is 248 Å². The highest BCUT2D eigenvalue weighted by atomic mass is 15.2. The Morgan fingerprint density at radius 2 is 0.589 bits per heavy atom. The quantitative estimate of drug-likeness (QED) is 0.0524. The van der Waals surface area contributed by atoms with Gasteiger partial charge in [0.05, 0.1) is 0 Å². The first kappa shape index (κ1) is 47.9. The van der Waals surface area contributed by atoms with Crippen LogP contribution in [0.25, 0.3) is 16.9 Å². The maximum atomic E-state index is 12.9. The SMILES string of the molecule is CCCCCCCCC1=C(c2cc(CCCC)c(CCCCC)c(CCCC)c2)[N+](=[N-])C(c2cc(CCCC)c(CCCCC)c(CCCC)c2)=C1CCCC. The van der Waals surface area contributed by atoms with E-state index in [1.54, 1.807) is 38.1 Å². The summed E-state index contributed by atoms with van der Waals surface area (Å²) in [6.07, 6.45) is 36.5. The number of aryl methyl sites for hydroxylation is 4. The summed E-state index contributed by atoms with van der Waals surface area (Å²) in [5.74, 6) is 0. The number of hydrogen-bond donors (Lipinski definition) is 0. The zero-order valence-corrected chi connectivity index (χ0v) is 38.4. The Bertz CT molecular complexity index is 1440. The lowest BCUT2D eigenvalue weighted by molar-refractivity contribution is -0.345. The Morgan fingerprint density at radius 3 is 0.946 bits per heavy atom. The van der Waals surface area contributed by atoms with Crippen LogP contribution < -0.4 is 0 Å². The molecule has 0 fully saturated rings. The fourth-order valence-electron chi connectivity index (χ4n) is 9.20. The van der Waals surface area contributed by atoms with Crippen LogP contribution in [0.4, 0.5) is 0 Å². The Kier molecular flexibility index (Phi) is 24.0. The summed E-state index contributed by atoms with van der Waals surface area (Å²) in [6, 6.07) is 10.2. The molecule has 2 heteroatoms. The molecule has 1 aliphatic heterocycles. The van der Waals surface area contributed by atoms with Gasteiger partial charge in [0.2, 0.25) is 11.4 Å². The summed E-state index contributed by atoms with van der Waals surface area (Å²) in [6.45, 7) is 18.6. The zero-order chi connectivity index (χ0) is 40.5. The summed E-state index contributed by atoms with van der Waals surface area (Å²) >= 11 is 0. The smallest absolute Gasteiger partial charge is 0.211 e. The largest absolute Gasteiger partial charge is 0.493 e. The van der Waals surface area contributed by atoms with Gasteiger partial charge in [-0.15, -0.1) is 0 Å². The topological polar surface area (TPSA) is 25.3 Å². The first-order valence-electron chi connectivity index (χ1n) is 24.7. The molecule has 0 spiro atoms. The summed E-state index contributed by atoms with van der Waals surface area (Å²) in [4.78, 5) is 0. The lowest BCUT2D eigenvalue weighted by Crippen LogP contribution is -2.09. The van der Waals surface area contributed by atoms with Gasteiger partial charge in [-0.05, 0) is 160 Å². The van der Waals surface area contributed by atoms with Crippen molar-refractivity contribution in [2.75, 3.05) is 0 Å². The molecule has 0 atom stereocenters. The first-order valence-corrected chi connectivity index (χ1v) is 24.7. The average molecular weight is 765 g/mol. The van der Waals surface area contributed by atoms with Crippen molar-refractivity contribution >= 4 is 11.4 Å². The van der Waals surface area contributed by atoms with E-state index >= 15 is 0 Å². The van der Waals surface area contributed by atoms with E-state index in [0.717, 1.165) is 62.8 Å². The van der Waals surface area contributed by atoms with Crippen molar-refractivity contribution < 1.29 is 4.70 Å². The normalized spacial score (nSPS) is 13.2. The molecule has 0 N–H and O–H groups in total. The van der Waals surface area contributed by atoms with Crippen LogP contribution in [0.5, 0.6) is 0 Å². The van der Waals surface area contributed by atoms with Gasteiger partial charge in [-0.2, -0.15) is 0 Å². The molecule has 0 aliphatic carbocycles. The van der Waals surface area contributed by atoms with E-state index in [4.69, 9.17) is 0 Å². The highest BCUT2D eigenvalue weighted by Gasteiger charge is 2.36. The predicted octanol–water partition coefficient (Wildman–Crippen LogP) is 17.6. The molecule has 2 aromatic carbocycles. The molecule has 0 saturated carbocycles. The second-order valence-electron chi connectivity index (χ2n) is 17.5. The Morgan fingerprint density at radius 1 is 0.321 bits per heavy atom. The second-order valence-corrected chi connectivity index (χ2v) is 17.5. The minimum atomic E-state index is 1.03. The van der Waals surface area contributed by atoms with Crippen LogP contribution in [-0.4, -0.2) is 4.70 Å². The number of rotatable bonds is 32. The van der Waals surface area contributed by atoms with E-state index in [2.05, 4.69) is 79.7 Å². The molecule has 2 nitrogen and oxygen atoms in total. The van der Waals surface area contributed by atoms with Gasteiger partial charge >= 0.3 is 0 Å². The standard InChI is InChI=1S/C54H88N2/c1-9-17-25-26-27-30-38-52-51(35-24-16-8)53(47-39-43(31-20-12-4)49(36-28-18-10-2)44(40-47)32-21-13-5)56(55)54(52)48-41-45(33-22-14-6)50(37-29-19-11-3)46(42-48)34-23-15-7/h39-42H,9-38H2,1-8H3. The molecule has 0 amide bonds. The summed E-state index contributed by atoms with van der Waals surface area (Å²) < 4.78 is 1.73. The van der Waals surface area contributed by atoms with Crippen LogP contribution in [-0.2, 0) is 38.5 Å². The molecule has 1 aliphatic rings. The number of nitrogens with zero attached hydrogens (tertiary/aromatic N) is 2. The highest BCUT2D eigenvalue weighted by Crippen LogP contribution is 2.46. The summed E-state index contributed by atoms with van der Waals surface area (Å²) in [5, 5.41) is 0. The molecule has 0 unspecified atom stereocenters. The van der Waals surface area contributed by atoms with Crippen molar-refractivity contribution in [1.82, 2.24) is 0 Å². The van der Waals surface area contributed by atoms with Gasteiger partial charge in [-0.1, -0.05) is 145 Å². The predicted molar refractivity (Wildman–Crippen MR) is 249 cm³/mol. The van der Waals surface area contributed by atoms with Gasteiger partial charge in [0, 0.05) is 22.3 Å². The van der Waals surface area contributed by atoms with E-state index in [1.807, 2.05) is 0 Å². The molecular weight excluding hydrogens is 677 g/mol. The molecule has 0 saturated heterocycles. The Labute approximate surface area is 348 Å². The minimum Gasteiger partial charge on any atom is -0.493 e. The monoisotopic (exact) mass is 765 g/mol. The van der Waals surface area contributed by atoms with Gasteiger partial charge in [-0.3, -0.25) is 0 Å². The van der Waals surface area contributed by atoms with Gasteiger partial charge in [0.15, 0.2) is 0 Å². The van der Waals surface area contributed by atoms with Crippen molar-refractivity contribution in [3.05, 3.63) is 85.5 Å². The number of allylic oxidation sites excluding steroid dienone is 2. The lowest BCUT2D eigenvalue weighted by Gasteiger charge is -2.20. The van der Waals surface area contributed by atoms with E-state index in [9.17, 15) is 5.53 Å². The molecule has 56 heavy (non-hydrogen) atoms. The number of unbranched alkanes of at least 4 members (excludes halogenated alkanes) is 14. The molecular formula is C54H88N2. The maximum Gasteiger partial charge on any atom is 0.211 e. The second kappa shape index (κ2) is 28.0. The summed E-state index contributed by atoms with van der Waals surface area (Å²) in [5.41, 5.74) is 30.0. The molecule has 0 aromatic heterocycles. The lowest BCUT2D eigenvalue weighted by atomic mass is 9.86. The molecule has 2 aromatic rings. The maximum absolute atomic E-state index is 12.9. The first-order chi connectivity index (χ1) is 27.4. The number of benzene rings is 2. The third kappa shape index (κ3) is 14.4. The number of hydrogen-bond acceptors (Lipinski definition) is 0. The fraction of sp³-hybridized carbons (Fsp3) is 0.704. The van der Waals surface area contributed by atoms with Crippen LogP contribution in [0.1, 0.15) is 254 Å². The van der Waals surface area contributed by atoms with Gasteiger partial charge < -0.3 is 5.53 Å². The van der Waals surface area contributed by atoms with Crippen LogP contribution in [0.3, 0.4) is 0 Å². The van der Waals surface area contributed by atoms with Crippen molar-refractivity contribution in [3.8, 4) is 0 Å². The van der Waals surface area contributed by atoms with Crippen LogP contribution >= 0.6 is 0 Å². The van der Waals surface area contributed by atoms with Gasteiger partial charge in [0.1, 0.15) is 0 Å². The third-order valence-electron chi connectivity index (χ3n) is 12.6. The molecule has 314 valence electrons. The fourth-order valence-corrected chi connectivity index (χ4v) is 9.20. The Hall–Kier alpha value is -2.48. The van der Waals surface area contributed by atoms with Crippen LogP contribution in [0.15, 0.2) is 35.4 Å². The van der Waals surface area contributed by atoms with Crippen molar-refractivity contribution in [2.24, 2.45) is 0 Å². The Balaban J connectivity index is 2.34. The van der Waals surface area contributed by atoms with Crippen LogP contribution in [0.2, 0.25) is 0 Å². The summed E-state index contributed by atoms with van der Waals surface area (Å²) in [7, 11) is 0. The van der Waals surface area contributed by atoms with Crippen LogP contribution in [0, 0.1) is 0 Å². The van der Waals surface area contributed by atoms with E-state index in [-0.39, 0.29) is 0 Å².